The Labute approximate surface area is 154 Å². The topological polar surface area (TPSA) is 59.0 Å². The normalized spacial score (nSPS) is 26.6. The summed E-state index contributed by atoms with van der Waals surface area (Å²) in [5.41, 5.74) is 0.0607. The molecule has 0 radical (unpaired) electrons. The van der Waals surface area contributed by atoms with E-state index in [4.69, 9.17) is 19.4 Å². The fourth-order valence-corrected chi connectivity index (χ4v) is 4.29. The maximum atomic E-state index is 10.6. The number of aliphatic carboxylic acids is 1. The number of nitrogens with zero attached hydrogens (tertiary/aromatic N) is 1. The van der Waals surface area contributed by atoms with Gasteiger partial charge in [-0.25, -0.2) is 4.79 Å². The molecule has 1 spiro atoms. The summed E-state index contributed by atoms with van der Waals surface area (Å²) in [6.45, 7) is 6.27. The Morgan fingerprint density at radius 2 is 2.19 bits per heavy atom. The number of ether oxygens (including phenoxy) is 2. The zero-order valence-corrected chi connectivity index (χ0v) is 15.7. The van der Waals surface area contributed by atoms with Crippen molar-refractivity contribution >= 4 is 17.3 Å². The van der Waals surface area contributed by atoms with E-state index in [1.165, 1.54) is 29.1 Å². The van der Waals surface area contributed by atoms with Crippen molar-refractivity contribution in [2.75, 3.05) is 26.8 Å². The number of piperidine rings is 1. The Bertz CT molecular complexity index is 607. The van der Waals surface area contributed by atoms with Crippen molar-refractivity contribution in [3.05, 3.63) is 21.9 Å². The van der Waals surface area contributed by atoms with Crippen LogP contribution in [-0.4, -0.2) is 60.7 Å². The van der Waals surface area contributed by atoms with Crippen LogP contribution in [0.3, 0.4) is 0 Å². The molecule has 148 valence electrons. The van der Waals surface area contributed by atoms with Crippen LogP contribution in [-0.2, 0) is 20.8 Å². The number of carboxylic acids is 1. The van der Waals surface area contributed by atoms with Crippen molar-refractivity contribution in [1.29, 1.82) is 0 Å². The van der Waals surface area contributed by atoms with Crippen molar-refractivity contribution in [2.24, 2.45) is 0 Å². The van der Waals surface area contributed by atoms with Crippen LogP contribution in [0.15, 0.2) is 12.1 Å². The molecule has 26 heavy (non-hydrogen) atoms. The highest BCUT2D eigenvalue weighted by Gasteiger charge is 2.43. The van der Waals surface area contributed by atoms with Crippen LogP contribution < -0.4 is 0 Å². The average Bonchev–Trinajstić information content (AvgIpc) is 3.14. The van der Waals surface area contributed by atoms with Gasteiger partial charge in [-0.1, -0.05) is 0 Å². The van der Waals surface area contributed by atoms with Gasteiger partial charge in [0.15, 0.2) is 0 Å². The molecule has 3 heterocycles. The largest absolute Gasteiger partial charge is 0.490 e. The van der Waals surface area contributed by atoms with Crippen molar-refractivity contribution < 1.29 is 32.5 Å². The van der Waals surface area contributed by atoms with Gasteiger partial charge in [0.25, 0.3) is 0 Å². The number of carbonyl (C=O) groups is 1. The molecule has 1 N–H and O–H groups in total. The molecule has 2 aliphatic heterocycles. The highest BCUT2D eigenvalue weighted by molar-refractivity contribution is 7.11. The minimum absolute atomic E-state index is 0.0607. The predicted octanol–water partition coefficient (Wildman–Crippen LogP) is 3.46. The molecule has 0 aromatic carbocycles. The zero-order chi connectivity index (χ0) is 19.4. The van der Waals surface area contributed by atoms with Gasteiger partial charge in [0, 0.05) is 36.4 Å². The molecule has 3 rings (SSSR count). The summed E-state index contributed by atoms with van der Waals surface area (Å²) >= 11 is 1.91. The molecule has 1 aromatic rings. The molecule has 9 heteroatoms. The number of likely N-dealkylation sites (tertiary alicyclic amines) is 1. The molecule has 2 aliphatic rings. The number of hydrogen-bond acceptors (Lipinski definition) is 5. The molecule has 2 saturated heterocycles. The zero-order valence-electron chi connectivity index (χ0n) is 14.8. The van der Waals surface area contributed by atoms with E-state index in [0.717, 1.165) is 26.1 Å². The van der Waals surface area contributed by atoms with E-state index in [1.807, 2.05) is 11.3 Å². The first-order valence-corrected chi connectivity index (χ1v) is 9.20. The fraction of sp³-hybridized carbons (Fsp3) is 0.706. The highest BCUT2D eigenvalue weighted by atomic mass is 32.1. The molecular weight excluding hydrogens is 371 g/mol. The van der Waals surface area contributed by atoms with Gasteiger partial charge in [0.05, 0.1) is 18.3 Å². The summed E-state index contributed by atoms with van der Waals surface area (Å²) in [5, 5.41) is 7.12. The van der Waals surface area contributed by atoms with E-state index >= 15 is 0 Å². The standard InChI is InChI=1S/C15H23NO2S.C2HF3O2/c1-12-4-5-14(19-12)9-16-7-3-6-15(11-16)8-13(17-2)10-18-15;3-2(4,5)1(6)7/h4-5,13H,3,6-11H2,1-2H3;(H,6,7)/t13-,15-;/m0./s1. The number of aryl methyl sites for hydroxylation is 1. The van der Waals surface area contributed by atoms with Gasteiger partial charge >= 0.3 is 12.1 Å². The summed E-state index contributed by atoms with van der Waals surface area (Å²) in [4.78, 5) is 14.3. The van der Waals surface area contributed by atoms with Crippen LogP contribution >= 0.6 is 11.3 Å². The van der Waals surface area contributed by atoms with E-state index in [2.05, 4.69) is 24.0 Å². The quantitative estimate of drug-likeness (QED) is 0.850. The number of halogens is 3. The fourth-order valence-electron chi connectivity index (χ4n) is 3.35. The molecule has 2 atom stereocenters. The molecule has 0 saturated carbocycles. The number of rotatable bonds is 3. The van der Waals surface area contributed by atoms with Crippen LogP contribution in [0, 0.1) is 6.92 Å². The van der Waals surface area contributed by atoms with Crippen LogP contribution in [0.5, 0.6) is 0 Å². The lowest BCUT2D eigenvalue weighted by atomic mass is 9.89. The second-order valence-electron chi connectivity index (χ2n) is 6.69. The van der Waals surface area contributed by atoms with Crippen LogP contribution in [0.1, 0.15) is 29.0 Å². The van der Waals surface area contributed by atoms with Crippen LogP contribution in [0.4, 0.5) is 13.2 Å². The molecule has 0 bridgehead atoms. The van der Waals surface area contributed by atoms with Gasteiger partial charge in [0.1, 0.15) is 0 Å². The summed E-state index contributed by atoms with van der Waals surface area (Å²) < 4.78 is 43.3. The first-order valence-electron chi connectivity index (χ1n) is 8.38. The highest BCUT2D eigenvalue weighted by Crippen LogP contribution is 2.36. The summed E-state index contributed by atoms with van der Waals surface area (Å²) in [6.07, 6.45) is -1.30. The molecule has 0 unspecified atom stereocenters. The van der Waals surface area contributed by atoms with Gasteiger partial charge < -0.3 is 14.6 Å². The summed E-state index contributed by atoms with van der Waals surface area (Å²) in [5.74, 6) is -2.76. The lowest BCUT2D eigenvalue weighted by Crippen LogP contribution is -2.47. The smallest absolute Gasteiger partial charge is 0.475 e. The third-order valence-corrected chi connectivity index (χ3v) is 5.53. The van der Waals surface area contributed by atoms with Gasteiger partial charge in [-0.15, -0.1) is 11.3 Å². The van der Waals surface area contributed by atoms with Gasteiger partial charge in [0.2, 0.25) is 0 Å². The van der Waals surface area contributed by atoms with Crippen molar-refractivity contribution in [1.82, 2.24) is 4.90 Å². The van der Waals surface area contributed by atoms with Gasteiger partial charge in [-0.2, -0.15) is 13.2 Å². The monoisotopic (exact) mass is 395 g/mol. The van der Waals surface area contributed by atoms with E-state index in [0.29, 0.717) is 6.10 Å². The van der Waals surface area contributed by atoms with E-state index < -0.39 is 12.1 Å². The molecule has 0 aliphatic carbocycles. The maximum Gasteiger partial charge on any atom is 0.490 e. The number of carboxylic acid groups (broad SMARTS) is 1. The van der Waals surface area contributed by atoms with Gasteiger partial charge in [-0.3, -0.25) is 4.90 Å². The second kappa shape index (κ2) is 8.69. The van der Waals surface area contributed by atoms with Crippen LogP contribution in [0.2, 0.25) is 0 Å². The Morgan fingerprint density at radius 1 is 1.50 bits per heavy atom. The van der Waals surface area contributed by atoms with E-state index in [9.17, 15) is 13.2 Å². The lowest BCUT2D eigenvalue weighted by Gasteiger charge is -2.39. The molecule has 5 nitrogen and oxygen atoms in total. The molecule has 0 amide bonds. The third kappa shape index (κ3) is 5.94. The molecule has 1 aromatic heterocycles. The Kier molecular flexibility index (Phi) is 7.06. The Hall–Kier alpha value is -1.16. The lowest BCUT2D eigenvalue weighted by molar-refractivity contribution is -0.192. The van der Waals surface area contributed by atoms with Crippen molar-refractivity contribution in [2.45, 2.75) is 50.6 Å². The van der Waals surface area contributed by atoms with Gasteiger partial charge in [-0.05, 0) is 38.4 Å². The maximum absolute atomic E-state index is 10.6. The Balaban J connectivity index is 0.000000298. The molecular formula is C17H24F3NO4S. The van der Waals surface area contributed by atoms with Crippen LogP contribution in [0.25, 0.3) is 0 Å². The Morgan fingerprint density at radius 3 is 2.69 bits per heavy atom. The van der Waals surface area contributed by atoms with Crippen molar-refractivity contribution in [3.8, 4) is 0 Å². The number of methoxy groups -OCH3 is 1. The number of alkyl halides is 3. The average molecular weight is 395 g/mol. The van der Waals surface area contributed by atoms with E-state index in [-0.39, 0.29) is 5.60 Å². The summed E-state index contributed by atoms with van der Waals surface area (Å²) in [6, 6.07) is 4.47. The number of hydrogen-bond donors (Lipinski definition) is 1. The number of thiophene rings is 1. The summed E-state index contributed by atoms with van der Waals surface area (Å²) in [7, 11) is 1.79. The second-order valence-corrected chi connectivity index (χ2v) is 8.06. The first-order chi connectivity index (χ1) is 12.1. The van der Waals surface area contributed by atoms with Crippen molar-refractivity contribution in [3.63, 3.8) is 0 Å². The van der Waals surface area contributed by atoms with E-state index in [1.54, 1.807) is 7.11 Å². The minimum Gasteiger partial charge on any atom is -0.475 e. The molecule has 2 fully saturated rings. The predicted molar refractivity (Wildman–Crippen MR) is 91.4 cm³/mol. The minimum atomic E-state index is -5.08. The first kappa shape index (κ1) is 21.1. The third-order valence-electron chi connectivity index (χ3n) is 4.54. The SMILES string of the molecule is CO[C@@H]1CO[C@@]2(CCCN(Cc3ccc(C)s3)C2)C1.O=C(O)C(F)(F)F.